The average molecular weight is 1520 g/mol. The van der Waals surface area contributed by atoms with E-state index in [1.807, 2.05) is 0 Å². The van der Waals surface area contributed by atoms with Crippen LogP contribution in [-0.2, 0) is 65.4 Å². The van der Waals surface area contributed by atoms with Gasteiger partial charge in [-0.05, 0) is 49.4 Å². The molecule has 0 aliphatic carbocycles. The summed E-state index contributed by atoms with van der Waals surface area (Å²) in [7, 11) is -9.93. The van der Waals surface area contributed by atoms with Crippen LogP contribution in [0.1, 0.15) is 441 Å². The molecule has 7 atom stereocenters. The van der Waals surface area contributed by atoms with E-state index in [1.54, 1.807) is 0 Å². The van der Waals surface area contributed by atoms with Crippen molar-refractivity contribution in [2.75, 3.05) is 39.6 Å². The summed E-state index contributed by atoms with van der Waals surface area (Å²) in [6, 6.07) is 0. The Bertz CT molecular complexity index is 2030. The van der Waals surface area contributed by atoms with Crippen LogP contribution in [0.25, 0.3) is 0 Å². The Morgan fingerprint density at radius 2 is 0.462 bits per heavy atom. The zero-order valence-electron chi connectivity index (χ0n) is 68.7. The largest absolute Gasteiger partial charge is 0.472 e. The second-order valence-electron chi connectivity index (χ2n) is 32.0. The van der Waals surface area contributed by atoms with E-state index in [-0.39, 0.29) is 25.7 Å². The van der Waals surface area contributed by atoms with Crippen LogP contribution in [0.15, 0.2) is 0 Å². The number of aliphatic hydroxyl groups is 1. The van der Waals surface area contributed by atoms with Gasteiger partial charge in [-0.3, -0.25) is 37.3 Å². The number of hydrogen-bond donors (Lipinski definition) is 3. The van der Waals surface area contributed by atoms with Crippen LogP contribution in [-0.4, -0.2) is 96.7 Å². The molecule has 0 fully saturated rings. The monoisotopic (exact) mass is 1520 g/mol. The van der Waals surface area contributed by atoms with Crippen LogP contribution in [0.3, 0.4) is 0 Å². The van der Waals surface area contributed by atoms with Crippen molar-refractivity contribution in [3.05, 3.63) is 0 Å². The van der Waals surface area contributed by atoms with Crippen molar-refractivity contribution in [3.63, 3.8) is 0 Å². The number of hydrogen-bond acceptors (Lipinski definition) is 15. The van der Waals surface area contributed by atoms with Crippen LogP contribution in [0.4, 0.5) is 0 Å². The molecule has 0 aromatic carbocycles. The van der Waals surface area contributed by atoms with E-state index in [9.17, 15) is 43.2 Å². The Labute approximate surface area is 638 Å². The fraction of sp³-hybridized carbons (Fsp3) is 0.953. The van der Waals surface area contributed by atoms with Crippen molar-refractivity contribution in [2.45, 2.75) is 459 Å². The summed E-state index contributed by atoms with van der Waals surface area (Å²) in [5.74, 6) is 1.05. The maximum absolute atomic E-state index is 13.1. The van der Waals surface area contributed by atoms with Crippen LogP contribution in [0.5, 0.6) is 0 Å². The summed E-state index contributed by atoms with van der Waals surface area (Å²) < 4.78 is 68.8. The molecule has 0 aromatic heterocycles. The number of phosphoric ester groups is 2. The lowest BCUT2D eigenvalue weighted by atomic mass is 9.99. The maximum atomic E-state index is 13.1. The molecule has 0 aromatic rings. The van der Waals surface area contributed by atoms with Crippen molar-refractivity contribution in [2.24, 2.45) is 23.7 Å². The second-order valence-corrected chi connectivity index (χ2v) is 34.9. The van der Waals surface area contributed by atoms with E-state index >= 15 is 0 Å². The highest BCUT2D eigenvalue weighted by atomic mass is 31.2. The Hall–Kier alpha value is -1.94. The van der Waals surface area contributed by atoms with Gasteiger partial charge in [0.25, 0.3) is 0 Å². The topological polar surface area (TPSA) is 237 Å². The molecule has 0 bridgehead atoms. The van der Waals surface area contributed by atoms with Crippen molar-refractivity contribution in [1.82, 2.24) is 0 Å². The quantitative estimate of drug-likeness (QED) is 0.0222. The lowest BCUT2D eigenvalue weighted by Gasteiger charge is -2.21. The summed E-state index contributed by atoms with van der Waals surface area (Å²) in [5.41, 5.74) is 0. The van der Waals surface area contributed by atoms with E-state index < -0.39 is 97.5 Å². The fourth-order valence-electron chi connectivity index (χ4n) is 13.1. The van der Waals surface area contributed by atoms with Crippen molar-refractivity contribution < 1.29 is 80.2 Å². The first-order valence-corrected chi connectivity index (χ1v) is 46.8. The van der Waals surface area contributed by atoms with Crippen LogP contribution < -0.4 is 0 Å². The summed E-state index contributed by atoms with van der Waals surface area (Å²) in [5, 5.41) is 10.7. The molecule has 0 rings (SSSR count). The Balaban J connectivity index is 5.21. The standard InChI is InChI=1S/C85H166O17P2/c1-9-77(7)63-55-47-38-32-26-22-18-13-11-12-14-20-24-28-35-41-51-59-67-84(89)101-80(71-95-82(87)65-57-49-40-34-27-23-19-16-15-17-21-25-31-37-45-53-61-75(3)4)73-99-103(91,92)97-69-79(86)70-98-104(93,94)100-74-81(72-96-83(88)66-58-50-44-43-46-54-62-76(5)6)102-85(90)68-60-52-42-36-30-29-33-39-48-56-64-78(8)10-2/h75-81,86H,9-74H2,1-8H3,(H,91,92)(H,93,94)/t77?,78?,79-,80-,81-/m1/s1. The minimum atomic E-state index is -4.97. The summed E-state index contributed by atoms with van der Waals surface area (Å²) in [4.78, 5) is 73.1. The number of esters is 4. The highest BCUT2D eigenvalue weighted by molar-refractivity contribution is 7.47. The Kier molecular flexibility index (Phi) is 72.5. The molecule has 0 saturated carbocycles. The molecule has 19 heteroatoms. The molecule has 3 N–H and O–H groups in total. The molecule has 4 unspecified atom stereocenters. The third-order valence-corrected chi connectivity index (χ3v) is 22.4. The zero-order valence-corrected chi connectivity index (χ0v) is 70.5. The molecule has 0 amide bonds. The third-order valence-electron chi connectivity index (χ3n) is 20.5. The van der Waals surface area contributed by atoms with Gasteiger partial charge in [-0.25, -0.2) is 9.13 Å². The van der Waals surface area contributed by atoms with Gasteiger partial charge >= 0.3 is 39.5 Å². The van der Waals surface area contributed by atoms with Gasteiger partial charge in [0, 0.05) is 25.7 Å². The number of unbranched alkanes of at least 4 members (excludes halogenated alkanes) is 46. The van der Waals surface area contributed by atoms with E-state index in [0.717, 1.165) is 114 Å². The van der Waals surface area contributed by atoms with Crippen LogP contribution in [0, 0.1) is 23.7 Å². The van der Waals surface area contributed by atoms with Gasteiger partial charge < -0.3 is 33.8 Å². The van der Waals surface area contributed by atoms with Gasteiger partial charge in [0.15, 0.2) is 12.2 Å². The van der Waals surface area contributed by atoms with Crippen molar-refractivity contribution >= 4 is 39.5 Å². The third kappa shape index (κ3) is 75.5. The minimum absolute atomic E-state index is 0.105. The van der Waals surface area contributed by atoms with Gasteiger partial charge in [0.1, 0.15) is 19.3 Å². The first-order valence-electron chi connectivity index (χ1n) is 43.8. The van der Waals surface area contributed by atoms with E-state index in [4.69, 9.17) is 37.0 Å². The number of aliphatic hydroxyl groups excluding tert-OH is 1. The molecule has 0 spiro atoms. The highest BCUT2D eigenvalue weighted by Crippen LogP contribution is 2.45. The summed E-state index contributed by atoms with van der Waals surface area (Å²) in [6.45, 7) is 14.3. The van der Waals surface area contributed by atoms with E-state index in [1.165, 1.54) is 238 Å². The Morgan fingerprint density at radius 3 is 0.683 bits per heavy atom. The molecular formula is C85H166O17P2. The average Bonchev–Trinajstić information content (AvgIpc) is 0.914. The van der Waals surface area contributed by atoms with E-state index in [2.05, 4.69) is 55.4 Å². The molecule has 17 nitrogen and oxygen atoms in total. The summed E-state index contributed by atoms with van der Waals surface area (Å²) >= 11 is 0. The van der Waals surface area contributed by atoms with Gasteiger partial charge in [-0.2, -0.15) is 0 Å². The molecule has 0 aliphatic heterocycles. The molecule has 618 valence electrons. The number of carbonyl (C=O) groups excluding carboxylic acids is 4. The fourth-order valence-corrected chi connectivity index (χ4v) is 14.7. The predicted octanol–water partition coefficient (Wildman–Crippen LogP) is 25.6. The Morgan fingerprint density at radius 1 is 0.269 bits per heavy atom. The van der Waals surface area contributed by atoms with Gasteiger partial charge in [0.05, 0.1) is 26.4 Å². The van der Waals surface area contributed by atoms with Crippen LogP contribution in [0.2, 0.25) is 0 Å². The second kappa shape index (κ2) is 73.8. The SMILES string of the molecule is CCC(C)CCCCCCCCCCCCCCCCCCCCC(=O)O[C@H](COC(=O)CCCCCCCCCCCCCCCCCCC(C)C)COP(=O)(O)OC[C@@H](O)COP(=O)(O)OC[C@@H](COC(=O)CCCCCCCCC(C)C)OC(=O)CCCCCCCCCCCCC(C)CC. The predicted molar refractivity (Wildman–Crippen MR) is 428 cm³/mol. The molecule has 104 heavy (non-hydrogen) atoms. The lowest BCUT2D eigenvalue weighted by Crippen LogP contribution is -2.30. The molecule has 0 heterocycles. The maximum Gasteiger partial charge on any atom is 0.472 e. The van der Waals surface area contributed by atoms with Gasteiger partial charge in [-0.15, -0.1) is 0 Å². The highest BCUT2D eigenvalue weighted by Gasteiger charge is 2.30. The van der Waals surface area contributed by atoms with Crippen LogP contribution >= 0.6 is 15.6 Å². The number of carbonyl (C=O) groups is 4. The smallest absolute Gasteiger partial charge is 0.462 e. The van der Waals surface area contributed by atoms with Crippen molar-refractivity contribution in [1.29, 1.82) is 0 Å². The first kappa shape index (κ1) is 102. The molecule has 0 aliphatic rings. The van der Waals surface area contributed by atoms with E-state index in [0.29, 0.717) is 31.6 Å². The zero-order chi connectivity index (χ0) is 76.7. The van der Waals surface area contributed by atoms with Crippen molar-refractivity contribution in [3.8, 4) is 0 Å². The number of rotatable bonds is 82. The molecule has 0 saturated heterocycles. The van der Waals surface area contributed by atoms with Gasteiger partial charge in [-0.1, -0.05) is 389 Å². The number of ether oxygens (including phenoxy) is 4. The normalized spacial score (nSPS) is 14.5. The number of phosphoric acid groups is 2. The summed E-state index contributed by atoms with van der Waals surface area (Å²) in [6.07, 6.45) is 62.6. The minimum Gasteiger partial charge on any atom is -0.462 e. The molecular weight excluding hydrogens is 1350 g/mol. The first-order chi connectivity index (χ1) is 50.2. The van der Waals surface area contributed by atoms with Gasteiger partial charge in [0.2, 0.25) is 0 Å². The molecule has 0 radical (unpaired) electrons. The lowest BCUT2D eigenvalue weighted by molar-refractivity contribution is -0.161.